The van der Waals surface area contributed by atoms with Gasteiger partial charge >= 0.3 is 6.01 Å². The molecule has 1 fully saturated rings. The van der Waals surface area contributed by atoms with Gasteiger partial charge in [0.25, 0.3) is 5.56 Å². The highest BCUT2D eigenvalue weighted by Crippen LogP contribution is 2.17. The number of methoxy groups -OCH3 is 1. The normalized spacial score (nSPS) is 14.1. The Kier molecular flexibility index (Phi) is 5.72. The molecule has 3 heterocycles. The molecule has 0 aliphatic carbocycles. The van der Waals surface area contributed by atoms with E-state index in [1.807, 2.05) is 0 Å². The third-order valence-electron chi connectivity index (χ3n) is 3.99. The summed E-state index contributed by atoms with van der Waals surface area (Å²) < 4.78 is 6.23. The molecular weight excluding hydrogens is 338 g/mol. The van der Waals surface area contributed by atoms with Crippen LogP contribution in [0.4, 0.5) is 5.95 Å². The van der Waals surface area contributed by atoms with E-state index < -0.39 is 0 Å². The van der Waals surface area contributed by atoms with Crippen molar-refractivity contribution in [1.29, 1.82) is 0 Å². The summed E-state index contributed by atoms with van der Waals surface area (Å²) in [5, 5.41) is 6.54. The maximum absolute atomic E-state index is 12.1. The van der Waals surface area contributed by atoms with Crippen LogP contribution in [0, 0.1) is 0 Å². The summed E-state index contributed by atoms with van der Waals surface area (Å²) in [6.07, 6.45) is 4.85. The van der Waals surface area contributed by atoms with Gasteiger partial charge in [0.2, 0.25) is 11.9 Å². The quantitative estimate of drug-likeness (QED) is 0.750. The summed E-state index contributed by atoms with van der Waals surface area (Å²) >= 11 is 0. The molecule has 1 aliphatic rings. The van der Waals surface area contributed by atoms with Gasteiger partial charge in [-0.15, -0.1) is 0 Å². The zero-order chi connectivity index (χ0) is 18.4. The molecule has 1 amide bonds. The van der Waals surface area contributed by atoms with Crippen LogP contribution in [0.1, 0.15) is 25.1 Å². The topological polar surface area (TPSA) is 115 Å². The van der Waals surface area contributed by atoms with Crippen molar-refractivity contribution in [2.75, 3.05) is 25.1 Å². The Morgan fingerprint density at radius 1 is 1.23 bits per heavy atom. The van der Waals surface area contributed by atoms with E-state index in [0.29, 0.717) is 11.8 Å². The van der Waals surface area contributed by atoms with Crippen molar-refractivity contribution in [1.82, 2.24) is 30.0 Å². The summed E-state index contributed by atoms with van der Waals surface area (Å²) in [5.74, 6) is 0.602. The Labute approximate surface area is 150 Å². The van der Waals surface area contributed by atoms with Crippen molar-refractivity contribution in [3.05, 3.63) is 34.5 Å². The SMILES string of the molecule is COc1nc(CNC(=O)Cn2ncccc2=O)nc(N2CCCCC2)n1. The van der Waals surface area contributed by atoms with Crippen LogP contribution in [0.3, 0.4) is 0 Å². The molecule has 1 N–H and O–H groups in total. The molecule has 1 saturated heterocycles. The zero-order valence-corrected chi connectivity index (χ0v) is 14.6. The Hall–Kier alpha value is -3.04. The average molecular weight is 359 g/mol. The molecule has 0 saturated carbocycles. The van der Waals surface area contributed by atoms with Gasteiger partial charge in [0.1, 0.15) is 6.54 Å². The molecular formula is C16H21N7O3. The smallest absolute Gasteiger partial charge is 0.321 e. The number of amides is 1. The summed E-state index contributed by atoms with van der Waals surface area (Å²) in [5.41, 5.74) is -0.336. The van der Waals surface area contributed by atoms with Gasteiger partial charge in [-0.05, 0) is 25.3 Å². The van der Waals surface area contributed by atoms with E-state index in [9.17, 15) is 9.59 Å². The Bertz CT molecular complexity index is 817. The number of piperidine rings is 1. The van der Waals surface area contributed by atoms with Crippen LogP contribution in [-0.2, 0) is 17.9 Å². The summed E-state index contributed by atoms with van der Waals surface area (Å²) in [4.78, 5) is 38.6. The number of aromatic nitrogens is 5. The fourth-order valence-corrected chi connectivity index (χ4v) is 2.67. The first-order valence-electron chi connectivity index (χ1n) is 8.48. The lowest BCUT2D eigenvalue weighted by Crippen LogP contribution is -2.34. The van der Waals surface area contributed by atoms with E-state index in [2.05, 4.69) is 30.3 Å². The van der Waals surface area contributed by atoms with E-state index in [1.54, 1.807) is 0 Å². The number of anilines is 1. The van der Waals surface area contributed by atoms with Gasteiger partial charge in [-0.3, -0.25) is 9.59 Å². The first-order valence-corrected chi connectivity index (χ1v) is 8.48. The van der Waals surface area contributed by atoms with Crippen LogP contribution in [0.5, 0.6) is 6.01 Å². The second-order valence-electron chi connectivity index (χ2n) is 5.88. The molecule has 2 aromatic rings. The Balaban J connectivity index is 1.66. The third kappa shape index (κ3) is 4.52. The van der Waals surface area contributed by atoms with Crippen LogP contribution >= 0.6 is 0 Å². The number of hydrogen-bond acceptors (Lipinski definition) is 8. The second kappa shape index (κ2) is 8.37. The molecule has 26 heavy (non-hydrogen) atoms. The lowest BCUT2D eigenvalue weighted by molar-refractivity contribution is -0.122. The molecule has 0 spiro atoms. The van der Waals surface area contributed by atoms with Crippen LogP contribution in [0.25, 0.3) is 0 Å². The largest absolute Gasteiger partial charge is 0.467 e. The molecule has 10 heteroatoms. The third-order valence-corrected chi connectivity index (χ3v) is 3.99. The molecule has 0 radical (unpaired) electrons. The summed E-state index contributed by atoms with van der Waals surface area (Å²) in [6.45, 7) is 1.73. The average Bonchev–Trinajstić information content (AvgIpc) is 2.68. The molecule has 0 aromatic carbocycles. The number of nitrogens with zero attached hydrogens (tertiary/aromatic N) is 6. The Morgan fingerprint density at radius 3 is 2.77 bits per heavy atom. The molecule has 3 rings (SSSR count). The van der Waals surface area contributed by atoms with E-state index in [1.165, 1.54) is 31.9 Å². The molecule has 2 aromatic heterocycles. The number of hydrogen-bond donors (Lipinski definition) is 1. The number of rotatable bonds is 6. The van der Waals surface area contributed by atoms with Gasteiger partial charge in [-0.2, -0.15) is 20.1 Å². The van der Waals surface area contributed by atoms with Crippen molar-refractivity contribution in [3.8, 4) is 6.01 Å². The number of ether oxygens (including phenoxy) is 1. The zero-order valence-electron chi connectivity index (χ0n) is 14.6. The lowest BCUT2D eigenvalue weighted by Gasteiger charge is -2.26. The summed E-state index contributed by atoms with van der Waals surface area (Å²) in [6, 6.07) is 3.09. The predicted molar refractivity (Wildman–Crippen MR) is 92.8 cm³/mol. The number of carbonyl (C=O) groups is 1. The van der Waals surface area contributed by atoms with E-state index in [-0.39, 0.29) is 30.6 Å². The summed E-state index contributed by atoms with van der Waals surface area (Å²) in [7, 11) is 1.49. The highest BCUT2D eigenvalue weighted by atomic mass is 16.5. The molecule has 1 aliphatic heterocycles. The first-order chi connectivity index (χ1) is 12.7. The van der Waals surface area contributed by atoms with Gasteiger partial charge < -0.3 is 15.0 Å². The van der Waals surface area contributed by atoms with E-state index in [4.69, 9.17) is 4.74 Å². The van der Waals surface area contributed by atoms with Gasteiger partial charge in [0.05, 0.1) is 13.7 Å². The first kappa shape index (κ1) is 17.8. The predicted octanol–water partition coefficient (Wildman–Crippen LogP) is -0.256. The number of carbonyl (C=O) groups excluding carboxylic acids is 1. The monoisotopic (exact) mass is 359 g/mol. The van der Waals surface area contributed by atoms with Gasteiger partial charge in [0.15, 0.2) is 5.82 Å². The number of nitrogens with one attached hydrogen (secondary N) is 1. The molecule has 138 valence electrons. The maximum Gasteiger partial charge on any atom is 0.321 e. The molecule has 10 nitrogen and oxygen atoms in total. The highest BCUT2D eigenvalue weighted by Gasteiger charge is 2.17. The molecule has 0 bridgehead atoms. The lowest BCUT2D eigenvalue weighted by atomic mass is 10.1. The molecule has 0 atom stereocenters. The minimum Gasteiger partial charge on any atom is -0.467 e. The molecule has 0 unspecified atom stereocenters. The van der Waals surface area contributed by atoms with Crippen LogP contribution in [0.15, 0.2) is 23.1 Å². The highest BCUT2D eigenvalue weighted by molar-refractivity contribution is 5.75. The van der Waals surface area contributed by atoms with E-state index >= 15 is 0 Å². The van der Waals surface area contributed by atoms with E-state index in [0.717, 1.165) is 30.6 Å². The Morgan fingerprint density at radius 2 is 2.04 bits per heavy atom. The van der Waals surface area contributed by atoms with Crippen molar-refractivity contribution in [3.63, 3.8) is 0 Å². The van der Waals surface area contributed by atoms with Gasteiger partial charge in [-0.1, -0.05) is 0 Å². The van der Waals surface area contributed by atoms with Crippen LogP contribution < -0.4 is 20.5 Å². The minimum absolute atomic E-state index is 0.111. The van der Waals surface area contributed by atoms with Gasteiger partial charge in [-0.25, -0.2) is 4.68 Å². The second-order valence-corrected chi connectivity index (χ2v) is 5.88. The minimum atomic E-state index is -0.357. The van der Waals surface area contributed by atoms with Crippen LogP contribution in [-0.4, -0.2) is 50.8 Å². The van der Waals surface area contributed by atoms with Crippen molar-refractivity contribution in [2.24, 2.45) is 0 Å². The maximum atomic E-state index is 12.1. The van der Waals surface area contributed by atoms with Crippen molar-refractivity contribution < 1.29 is 9.53 Å². The van der Waals surface area contributed by atoms with Gasteiger partial charge in [0, 0.05) is 25.4 Å². The fourth-order valence-electron chi connectivity index (χ4n) is 2.67. The van der Waals surface area contributed by atoms with Crippen molar-refractivity contribution in [2.45, 2.75) is 32.4 Å². The van der Waals surface area contributed by atoms with Crippen LogP contribution in [0.2, 0.25) is 0 Å². The van der Waals surface area contributed by atoms with Crippen molar-refractivity contribution >= 4 is 11.9 Å². The fraction of sp³-hybridized carbons (Fsp3) is 0.500. The standard InChI is InChI=1S/C16H21N7O3/c1-26-16-20-12(19-15(21-16)22-8-3-2-4-9-22)10-17-13(24)11-23-14(25)6-5-7-18-23/h5-7H,2-4,8-11H2,1H3,(H,17,24).